The molecular weight excluding hydrogens is 380 g/mol. The van der Waals surface area contributed by atoms with Crippen molar-refractivity contribution in [3.8, 4) is 5.75 Å². The van der Waals surface area contributed by atoms with Crippen LogP contribution in [0.4, 0.5) is 0 Å². The lowest BCUT2D eigenvalue weighted by Crippen LogP contribution is -2.43. The summed E-state index contributed by atoms with van der Waals surface area (Å²) in [6.07, 6.45) is 0. The Morgan fingerprint density at radius 2 is 1.64 bits per heavy atom. The minimum atomic E-state index is -0.509. The van der Waals surface area contributed by atoms with E-state index in [0.717, 1.165) is 21.9 Å². The fraction of sp³-hybridized carbons (Fsp3) is 0.0476. The quantitative estimate of drug-likeness (QED) is 0.511. The van der Waals surface area contributed by atoms with Gasteiger partial charge < -0.3 is 9.15 Å². The van der Waals surface area contributed by atoms with Crippen molar-refractivity contribution >= 4 is 45.4 Å². The molecule has 6 nitrogen and oxygen atoms in total. The molecule has 0 unspecified atom stereocenters. The third-order valence-corrected chi connectivity index (χ3v) is 4.48. The highest BCUT2D eigenvalue weighted by Gasteiger charge is 2.12. The summed E-state index contributed by atoms with van der Waals surface area (Å²) in [5.74, 6) is -0.491. The SMILES string of the molecule is O=C(COc1ccc2oc3ccccc3c2c1)NNC(=O)c1ccccc1Cl. The molecule has 2 N–H and O–H groups in total. The van der Waals surface area contributed by atoms with E-state index in [0.29, 0.717) is 10.8 Å². The number of benzene rings is 3. The Morgan fingerprint density at radius 3 is 2.50 bits per heavy atom. The Labute approximate surface area is 165 Å². The predicted molar refractivity (Wildman–Crippen MR) is 106 cm³/mol. The van der Waals surface area contributed by atoms with Crippen LogP contribution in [-0.2, 0) is 4.79 Å². The summed E-state index contributed by atoms with van der Waals surface area (Å²) in [7, 11) is 0. The van der Waals surface area contributed by atoms with E-state index in [-0.39, 0.29) is 12.2 Å². The molecule has 0 saturated heterocycles. The van der Waals surface area contributed by atoms with E-state index in [2.05, 4.69) is 10.9 Å². The third kappa shape index (κ3) is 3.63. The van der Waals surface area contributed by atoms with Crippen molar-refractivity contribution in [2.45, 2.75) is 0 Å². The highest BCUT2D eigenvalue weighted by atomic mass is 35.5. The van der Waals surface area contributed by atoms with Crippen LogP contribution in [0.2, 0.25) is 5.02 Å². The Morgan fingerprint density at radius 1 is 0.893 bits per heavy atom. The van der Waals surface area contributed by atoms with E-state index in [9.17, 15) is 9.59 Å². The minimum absolute atomic E-state index is 0.260. The molecule has 4 rings (SSSR count). The van der Waals surface area contributed by atoms with Gasteiger partial charge in [0.05, 0.1) is 10.6 Å². The second-order valence-electron chi connectivity index (χ2n) is 6.03. The second-order valence-corrected chi connectivity index (χ2v) is 6.43. The van der Waals surface area contributed by atoms with E-state index in [1.54, 1.807) is 36.4 Å². The topological polar surface area (TPSA) is 80.6 Å². The highest BCUT2D eigenvalue weighted by molar-refractivity contribution is 6.33. The molecule has 0 saturated carbocycles. The number of hydrazine groups is 1. The van der Waals surface area contributed by atoms with Crippen molar-refractivity contribution in [3.05, 3.63) is 77.3 Å². The van der Waals surface area contributed by atoms with Crippen molar-refractivity contribution < 1.29 is 18.7 Å². The van der Waals surface area contributed by atoms with E-state index >= 15 is 0 Å². The number of carbonyl (C=O) groups excluding carboxylic acids is 2. The summed E-state index contributed by atoms with van der Waals surface area (Å²) < 4.78 is 11.3. The van der Waals surface area contributed by atoms with Crippen LogP contribution in [0.5, 0.6) is 5.75 Å². The number of hydrogen-bond donors (Lipinski definition) is 2. The molecule has 3 aromatic carbocycles. The number of carbonyl (C=O) groups is 2. The molecule has 0 atom stereocenters. The van der Waals surface area contributed by atoms with E-state index in [1.165, 1.54) is 0 Å². The van der Waals surface area contributed by atoms with Gasteiger partial charge in [0, 0.05) is 10.8 Å². The van der Waals surface area contributed by atoms with Crippen molar-refractivity contribution in [1.82, 2.24) is 10.9 Å². The Balaban J connectivity index is 1.37. The summed E-state index contributed by atoms with van der Waals surface area (Å²) in [4.78, 5) is 24.0. The molecule has 1 aromatic heterocycles. The van der Waals surface area contributed by atoms with Crippen LogP contribution in [0.25, 0.3) is 21.9 Å². The van der Waals surface area contributed by atoms with Gasteiger partial charge in [-0.15, -0.1) is 0 Å². The number of furan rings is 1. The minimum Gasteiger partial charge on any atom is -0.484 e. The maximum absolute atomic E-state index is 12.0. The number of para-hydroxylation sites is 1. The molecule has 0 spiro atoms. The monoisotopic (exact) mass is 394 g/mol. The van der Waals surface area contributed by atoms with E-state index in [1.807, 2.05) is 30.3 Å². The van der Waals surface area contributed by atoms with Crippen LogP contribution in [0.15, 0.2) is 71.1 Å². The van der Waals surface area contributed by atoms with Crippen LogP contribution in [0.3, 0.4) is 0 Å². The molecule has 4 aromatic rings. The van der Waals surface area contributed by atoms with Gasteiger partial charge in [0.2, 0.25) is 0 Å². The zero-order valence-electron chi connectivity index (χ0n) is 14.6. The molecule has 7 heteroatoms. The molecule has 28 heavy (non-hydrogen) atoms. The van der Waals surface area contributed by atoms with Gasteiger partial charge in [-0.25, -0.2) is 0 Å². The van der Waals surface area contributed by atoms with E-state index < -0.39 is 11.8 Å². The molecular formula is C21H15ClN2O4. The molecule has 0 radical (unpaired) electrons. The fourth-order valence-electron chi connectivity index (χ4n) is 2.82. The summed E-state index contributed by atoms with van der Waals surface area (Å²) in [6, 6.07) is 19.6. The standard InChI is InChI=1S/C21H15ClN2O4/c22-17-7-3-1-6-15(17)21(26)24-23-20(25)12-27-13-9-10-19-16(11-13)14-5-2-4-8-18(14)28-19/h1-11H,12H2,(H,23,25)(H,24,26). The lowest BCUT2D eigenvalue weighted by atomic mass is 10.1. The van der Waals surface area contributed by atoms with Crippen LogP contribution in [0, 0.1) is 0 Å². The number of hydrogen-bond acceptors (Lipinski definition) is 4. The zero-order chi connectivity index (χ0) is 19.5. The molecule has 0 aliphatic carbocycles. The molecule has 0 bridgehead atoms. The largest absolute Gasteiger partial charge is 0.484 e. The fourth-order valence-corrected chi connectivity index (χ4v) is 3.04. The predicted octanol–water partition coefficient (Wildman–Crippen LogP) is 4.08. The molecule has 0 aliphatic heterocycles. The average molecular weight is 395 g/mol. The van der Waals surface area contributed by atoms with Gasteiger partial charge in [0.15, 0.2) is 6.61 Å². The highest BCUT2D eigenvalue weighted by Crippen LogP contribution is 2.31. The van der Waals surface area contributed by atoms with Crippen LogP contribution in [0.1, 0.15) is 10.4 Å². The number of halogens is 1. The Kier molecular flexibility index (Phi) is 4.87. The van der Waals surface area contributed by atoms with Gasteiger partial charge in [-0.2, -0.15) is 0 Å². The molecule has 0 fully saturated rings. The molecule has 2 amide bonds. The van der Waals surface area contributed by atoms with E-state index in [4.69, 9.17) is 20.8 Å². The second kappa shape index (κ2) is 7.62. The smallest absolute Gasteiger partial charge is 0.276 e. The summed E-state index contributed by atoms with van der Waals surface area (Å²) in [6.45, 7) is -0.260. The summed E-state index contributed by atoms with van der Waals surface area (Å²) in [5, 5.41) is 2.17. The van der Waals surface area contributed by atoms with Gasteiger partial charge in [0.1, 0.15) is 16.9 Å². The molecule has 140 valence electrons. The zero-order valence-corrected chi connectivity index (χ0v) is 15.3. The maximum Gasteiger partial charge on any atom is 0.276 e. The lowest BCUT2D eigenvalue weighted by molar-refractivity contribution is -0.123. The molecule has 0 aliphatic rings. The summed E-state index contributed by atoms with van der Waals surface area (Å²) in [5.41, 5.74) is 6.40. The first-order valence-corrected chi connectivity index (χ1v) is 8.87. The van der Waals surface area contributed by atoms with Crippen molar-refractivity contribution in [1.29, 1.82) is 0 Å². The van der Waals surface area contributed by atoms with Gasteiger partial charge in [-0.3, -0.25) is 20.4 Å². The Hall–Kier alpha value is -3.51. The number of nitrogens with one attached hydrogen (secondary N) is 2. The van der Waals surface area contributed by atoms with Crippen LogP contribution in [-0.4, -0.2) is 18.4 Å². The first kappa shape index (κ1) is 17.9. The first-order valence-electron chi connectivity index (χ1n) is 8.49. The van der Waals surface area contributed by atoms with Crippen LogP contribution >= 0.6 is 11.6 Å². The number of rotatable bonds is 4. The summed E-state index contributed by atoms with van der Waals surface area (Å²) >= 11 is 5.95. The van der Waals surface area contributed by atoms with Gasteiger partial charge in [0.25, 0.3) is 11.8 Å². The van der Waals surface area contributed by atoms with Crippen molar-refractivity contribution in [2.24, 2.45) is 0 Å². The molecule has 1 heterocycles. The maximum atomic E-state index is 12.0. The normalized spacial score (nSPS) is 10.8. The third-order valence-electron chi connectivity index (χ3n) is 4.15. The van der Waals surface area contributed by atoms with Crippen molar-refractivity contribution in [3.63, 3.8) is 0 Å². The average Bonchev–Trinajstić information content (AvgIpc) is 3.09. The van der Waals surface area contributed by atoms with Gasteiger partial charge in [-0.1, -0.05) is 41.9 Å². The number of ether oxygens (including phenoxy) is 1. The Bertz CT molecular complexity index is 1190. The number of fused-ring (bicyclic) bond motifs is 3. The number of amides is 2. The van der Waals surface area contributed by atoms with Crippen molar-refractivity contribution in [2.75, 3.05) is 6.61 Å². The lowest BCUT2D eigenvalue weighted by Gasteiger charge is -2.09. The van der Waals surface area contributed by atoms with Gasteiger partial charge >= 0.3 is 0 Å². The van der Waals surface area contributed by atoms with Gasteiger partial charge in [-0.05, 0) is 36.4 Å². The first-order chi connectivity index (χ1) is 13.6. The van der Waals surface area contributed by atoms with Crippen LogP contribution < -0.4 is 15.6 Å².